The minimum Gasteiger partial charge on any atom is -0.493 e. The van der Waals surface area contributed by atoms with Gasteiger partial charge in [-0.2, -0.15) is 0 Å². The lowest BCUT2D eigenvalue weighted by molar-refractivity contribution is -0.141. The standard InChI is InChI=1S/C22H25ClFNO3/c1-22(2,3)21(26)25-10-9-13-11-17(27-4)18(28-5)12-14(13)20(25)19-15(23)7-6-8-16(19)24/h6-8,11-12,20H,9-10H2,1-5H3. The zero-order chi connectivity index (χ0) is 20.6. The van der Waals surface area contributed by atoms with Crippen LogP contribution in [0.25, 0.3) is 0 Å². The van der Waals surface area contributed by atoms with Gasteiger partial charge >= 0.3 is 0 Å². The average molecular weight is 406 g/mol. The number of fused-ring (bicyclic) bond motifs is 1. The first kappa shape index (κ1) is 20.5. The summed E-state index contributed by atoms with van der Waals surface area (Å²) in [5.74, 6) is 0.642. The highest BCUT2D eigenvalue weighted by molar-refractivity contribution is 6.31. The van der Waals surface area contributed by atoms with Crippen molar-refractivity contribution in [3.63, 3.8) is 0 Å². The molecule has 2 aromatic carbocycles. The molecule has 1 amide bonds. The average Bonchev–Trinajstić information content (AvgIpc) is 2.65. The Hall–Kier alpha value is -2.27. The van der Waals surface area contributed by atoms with E-state index >= 15 is 0 Å². The molecule has 1 aliphatic rings. The van der Waals surface area contributed by atoms with Gasteiger partial charge in [0.1, 0.15) is 5.82 Å². The number of benzene rings is 2. The molecule has 0 radical (unpaired) electrons. The summed E-state index contributed by atoms with van der Waals surface area (Å²) < 4.78 is 25.8. The van der Waals surface area contributed by atoms with Gasteiger partial charge in [0.25, 0.3) is 0 Å². The molecule has 0 saturated heterocycles. The number of hydrogen-bond acceptors (Lipinski definition) is 3. The lowest BCUT2D eigenvalue weighted by Crippen LogP contribution is -2.46. The number of carbonyl (C=O) groups is 1. The number of methoxy groups -OCH3 is 2. The van der Waals surface area contributed by atoms with Crippen molar-refractivity contribution in [1.82, 2.24) is 4.90 Å². The van der Waals surface area contributed by atoms with Crippen LogP contribution in [0.5, 0.6) is 11.5 Å². The predicted molar refractivity (Wildman–Crippen MR) is 108 cm³/mol. The molecule has 0 fully saturated rings. The third kappa shape index (κ3) is 3.55. The molecular formula is C22H25ClFNO3. The van der Waals surface area contributed by atoms with E-state index in [1.54, 1.807) is 31.3 Å². The van der Waals surface area contributed by atoms with Crippen LogP contribution in [-0.4, -0.2) is 31.6 Å². The number of halogens is 2. The largest absolute Gasteiger partial charge is 0.493 e. The fourth-order valence-corrected chi connectivity index (χ4v) is 3.94. The Morgan fingerprint density at radius 2 is 1.82 bits per heavy atom. The molecule has 3 rings (SSSR count). The van der Waals surface area contributed by atoms with Crippen LogP contribution in [0.1, 0.15) is 43.5 Å². The number of hydrogen-bond donors (Lipinski definition) is 0. The minimum absolute atomic E-state index is 0.0581. The van der Waals surface area contributed by atoms with Gasteiger partial charge in [0.2, 0.25) is 5.91 Å². The summed E-state index contributed by atoms with van der Waals surface area (Å²) in [7, 11) is 3.13. The van der Waals surface area contributed by atoms with Crippen LogP contribution < -0.4 is 9.47 Å². The number of rotatable bonds is 3. The zero-order valence-electron chi connectivity index (χ0n) is 16.8. The van der Waals surface area contributed by atoms with Gasteiger partial charge in [0.15, 0.2) is 11.5 Å². The smallest absolute Gasteiger partial charge is 0.228 e. The Morgan fingerprint density at radius 1 is 1.18 bits per heavy atom. The Labute approximate surface area is 170 Å². The van der Waals surface area contributed by atoms with Gasteiger partial charge in [0.05, 0.1) is 20.3 Å². The van der Waals surface area contributed by atoms with E-state index in [9.17, 15) is 9.18 Å². The third-order valence-corrected chi connectivity index (χ3v) is 5.38. The highest BCUT2D eigenvalue weighted by Crippen LogP contribution is 2.44. The van der Waals surface area contributed by atoms with E-state index in [4.69, 9.17) is 21.1 Å². The second-order valence-corrected chi connectivity index (χ2v) is 8.35. The molecule has 1 unspecified atom stereocenters. The second kappa shape index (κ2) is 7.63. The number of ether oxygens (including phenoxy) is 2. The SMILES string of the molecule is COc1cc2c(cc1OC)C(c1c(F)cccc1Cl)N(C(=O)C(C)(C)C)CC2. The Balaban J connectivity index is 2.26. The molecule has 150 valence electrons. The van der Waals surface area contributed by atoms with Gasteiger partial charge in [-0.25, -0.2) is 4.39 Å². The summed E-state index contributed by atoms with van der Waals surface area (Å²) in [6.07, 6.45) is 0.639. The predicted octanol–water partition coefficient (Wildman–Crippen LogP) is 5.02. The number of nitrogens with zero attached hydrogens (tertiary/aromatic N) is 1. The molecule has 0 bridgehead atoms. The minimum atomic E-state index is -0.635. The first-order valence-electron chi connectivity index (χ1n) is 9.18. The maximum Gasteiger partial charge on any atom is 0.228 e. The molecule has 0 N–H and O–H groups in total. The van der Waals surface area contributed by atoms with Crippen molar-refractivity contribution in [2.45, 2.75) is 33.2 Å². The van der Waals surface area contributed by atoms with Crippen LogP contribution in [0.4, 0.5) is 4.39 Å². The summed E-state index contributed by atoms with van der Waals surface area (Å²) in [4.78, 5) is 14.9. The monoisotopic (exact) mass is 405 g/mol. The second-order valence-electron chi connectivity index (χ2n) is 7.94. The van der Waals surface area contributed by atoms with Crippen LogP contribution >= 0.6 is 11.6 Å². The van der Waals surface area contributed by atoms with E-state index in [1.807, 2.05) is 32.9 Å². The Morgan fingerprint density at radius 3 is 2.39 bits per heavy atom. The van der Waals surface area contributed by atoms with Gasteiger partial charge in [-0.15, -0.1) is 0 Å². The number of carbonyl (C=O) groups excluding carboxylic acids is 1. The molecule has 0 spiro atoms. The highest BCUT2D eigenvalue weighted by Gasteiger charge is 2.39. The van der Waals surface area contributed by atoms with E-state index in [0.29, 0.717) is 35.1 Å². The first-order chi connectivity index (χ1) is 13.2. The van der Waals surface area contributed by atoms with Crippen molar-refractivity contribution < 1.29 is 18.7 Å². The molecule has 0 saturated carbocycles. The lowest BCUT2D eigenvalue weighted by Gasteiger charge is -2.41. The van der Waals surface area contributed by atoms with Gasteiger partial charge in [-0.1, -0.05) is 38.4 Å². The maximum absolute atomic E-state index is 14.9. The van der Waals surface area contributed by atoms with E-state index in [2.05, 4.69) is 0 Å². The van der Waals surface area contributed by atoms with Crippen LogP contribution in [0.3, 0.4) is 0 Å². The molecule has 4 nitrogen and oxygen atoms in total. The van der Waals surface area contributed by atoms with Crippen LogP contribution in [0.2, 0.25) is 5.02 Å². The molecule has 1 atom stereocenters. The maximum atomic E-state index is 14.9. The fraction of sp³-hybridized carbons (Fsp3) is 0.409. The van der Waals surface area contributed by atoms with Crippen molar-refractivity contribution >= 4 is 17.5 Å². The fourth-order valence-electron chi connectivity index (χ4n) is 3.68. The summed E-state index contributed by atoms with van der Waals surface area (Å²) in [5.41, 5.74) is 1.48. The van der Waals surface area contributed by atoms with Crippen molar-refractivity contribution in [2.75, 3.05) is 20.8 Å². The molecule has 0 aliphatic carbocycles. The molecule has 0 aromatic heterocycles. The zero-order valence-corrected chi connectivity index (χ0v) is 17.6. The van der Waals surface area contributed by atoms with E-state index in [1.165, 1.54) is 6.07 Å². The quantitative estimate of drug-likeness (QED) is 0.720. The topological polar surface area (TPSA) is 38.8 Å². The summed E-state index contributed by atoms with van der Waals surface area (Å²) >= 11 is 6.41. The number of amides is 1. The first-order valence-corrected chi connectivity index (χ1v) is 9.56. The van der Waals surface area contributed by atoms with E-state index in [-0.39, 0.29) is 5.91 Å². The normalized spacial score (nSPS) is 16.5. The van der Waals surface area contributed by atoms with Crippen molar-refractivity contribution in [2.24, 2.45) is 5.41 Å². The summed E-state index contributed by atoms with van der Waals surface area (Å²) in [6.45, 7) is 6.05. The Bertz CT molecular complexity index is 887. The summed E-state index contributed by atoms with van der Waals surface area (Å²) in [5, 5.41) is 0.291. The summed E-state index contributed by atoms with van der Waals surface area (Å²) in [6, 6.07) is 7.67. The van der Waals surface area contributed by atoms with Crippen molar-refractivity contribution in [3.05, 3.63) is 57.9 Å². The van der Waals surface area contributed by atoms with Gasteiger partial charge < -0.3 is 14.4 Å². The van der Waals surface area contributed by atoms with E-state index in [0.717, 1.165) is 11.1 Å². The Kier molecular flexibility index (Phi) is 5.57. The molecular weight excluding hydrogens is 381 g/mol. The molecule has 6 heteroatoms. The molecule has 1 aliphatic heterocycles. The van der Waals surface area contributed by atoms with Gasteiger partial charge in [-0.05, 0) is 41.8 Å². The van der Waals surface area contributed by atoms with Crippen molar-refractivity contribution in [3.8, 4) is 11.5 Å². The molecule has 28 heavy (non-hydrogen) atoms. The van der Waals surface area contributed by atoms with Gasteiger partial charge in [0, 0.05) is 22.5 Å². The van der Waals surface area contributed by atoms with Crippen molar-refractivity contribution in [1.29, 1.82) is 0 Å². The lowest BCUT2D eigenvalue weighted by atomic mass is 9.84. The molecule has 1 heterocycles. The van der Waals surface area contributed by atoms with Crippen LogP contribution in [0, 0.1) is 11.2 Å². The van der Waals surface area contributed by atoms with Crippen LogP contribution in [-0.2, 0) is 11.2 Å². The highest BCUT2D eigenvalue weighted by atomic mass is 35.5. The third-order valence-electron chi connectivity index (χ3n) is 5.05. The van der Waals surface area contributed by atoms with Crippen LogP contribution in [0.15, 0.2) is 30.3 Å². The van der Waals surface area contributed by atoms with Gasteiger partial charge in [-0.3, -0.25) is 4.79 Å². The van der Waals surface area contributed by atoms with E-state index < -0.39 is 17.3 Å². The molecule has 2 aromatic rings.